The molecule has 0 amide bonds. The van der Waals surface area contributed by atoms with E-state index in [1.54, 1.807) is 6.92 Å². The maximum Gasteiger partial charge on any atom is 0.325 e. The normalized spacial score (nSPS) is 11.8. The van der Waals surface area contributed by atoms with Crippen LogP contribution in [0.3, 0.4) is 0 Å². The predicted octanol–water partition coefficient (Wildman–Crippen LogP) is 5.74. The molecule has 4 heteroatoms. The number of nitrogens with one attached hydrogen (secondary N) is 1. The Morgan fingerprint density at radius 1 is 1.00 bits per heavy atom. The number of aliphatic carboxylic acids is 1. The number of carboxylic acid groups (broad SMARTS) is 1. The Bertz CT molecular complexity index is 938. The highest BCUT2D eigenvalue weighted by molar-refractivity contribution is 6.33. The van der Waals surface area contributed by atoms with Crippen molar-refractivity contribution in [3.8, 4) is 22.3 Å². The van der Waals surface area contributed by atoms with E-state index in [0.29, 0.717) is 10.7 Å². The van der Waals surface area contributed by atoms with Gasteiger partial charge in [-0.25, -0.2) is 0 Å². The van der Waals surface area contributed by atoms with Crippen LogP contribution in [0.1, 0.15) is 12.5 Å². The molecule has 0 fully saturated rings. The SMILES string of the molecule is [CH2]c1cccc(-c2ccc(-c3ccccc3)cc2Cl)c1N[C@@H](C)C(=O)O. The van der Waals surface area contributed by atoms with Gasteiger partial charge < -0.3 is 10.4 Å². The zero-order chi connectivity index (χ0) is 18.7. The molecule has 0 bridgehead atoms. The second kappa shape index (κ2) is 7.63. The van der Waals surface area contributed by atoms with E-state index < -0.39 is 12.0 Å². The number of anilines is 1. The van der Waals surface area contributed by atoms with E-state index in [0.717, 1.165) is 27.8 Å². The summed E-state index contributed by atoms with van der Waals surface area (Å²) >= 11 is 6.57. The molecule has 1 atom stereocenters. The van der Waals surface area contributed by atoms with Crippen molar-refractivity contribution in [2.24, 2.45) is 0 Å². The van der Waals surface area contributed by atoms with Gasteiger partial charge in [0.05, 0.1) is 0 Å². The number of hydrogen-bond acceptors (Lipinski definition) is 2. The summed E-state index contributed by atoms with van der Waals surface area (Å²) in [6.07, 6.45) is 0. The molecule has 3 aromatic carbocycles. The lowest BCUT2D eigenvalue weighted by Gasteiger charge is -2.19. The Morgan fingerprint density at radius 3 is 2.38 bits per heavy atom. The second-order valence-electron chi connectivity index (χ2n) is 6.10. The fraction of sp³-hybridized carbons (Fsp3) is 0.0909. The summed E-state index contributed by atoms with van der Waals surface area (Å²) in [5.74, 6) is -0.926. The first-order valence-electron chi connectivity index (χ1n) is 8.27. The predicted molar refractivity (Wildman–Crippen MR) is 108 cm³/mol. The van der Waals surface area contributed by atoms with Crippen molar-refractivity contribution in [3.63, 3.8) is 0 Å². The van der Waals surface area contributed by atoms with Crippen molar-refractivity contribution in [2.45, 2.75) is 13.0 Å². The van der Waals surface area contributed by atoms with E-state index in [1.165, 1.54) is 0 Å². The van der Waals surface area contributed by atoms with Crippen molar-refractivity contribution in [2.75, 3.05) is 5.32 Å². The molecule has 0 aliphatic heterocycles. The van der Waals surface area contributed by atoms with Crippen molar-refractivity contribution in [1.29, 1.82) is 0 Å². The third-order valence-electron chi connectivity index (χ3n) is 4.25. The van der Waals surface area contributed by atoms with Crippen LogP contribution in [0, 0.1) is 6.92 Å². The molecule has 0 aliphatic carbocycles. The van der Waals surface area contributed by atoms with Crippen LogP contribution in [-0.4, -0.2) is 17.1 Å². The zero-order valence-electron chi connectivity index (χ0n) is 14.4. The topological polar surface area (TPSA) is 49.3 Å². The van der Waals surface area contributed by atoms with Crippen molar-refractivity contribution in [3.05, 3.63) is 84.2 Å². The lowest BCUT2D eigenvalue weighted by atomic mass is 9.97. The summed E-state index contributed by atoms with van der Waals surface area (Å²) in [4.78, 5) is 11.2. The summed E-state index contributed by atoms with van der Waals surface area (Å²) in [6.45, 7) is 5.61. The monoisotopic (exact) mass is 364 g/mol. The molecule has 3 rings (SSSR count). The number of rotatable bonds is 5. The molecule has 3 aromatic rings. The average molecular weight is 365 g/mol. The van der Waals surface area contributed by atoms with Crippen LogP contribution in [0.15, 0.2) is 66.7 Å². The van der Waals surface area contributed by atoms with E-state index >= 15 is 0 Å². The lowest BCUT2D eigenvalue weighted by molar-refractivity contribution is -0.137. The van der Waals surface area contributed by atoms with E-state index in [9.17, 15) is 9.90 Å². The third kappa shape index (κ3) is 3.73. The molecule has 0 spiro atoms. The summed E-state index contributed by atoms with van der Waals surface area (Å²) in [6, 6.07) is 20.8. The lowest BCUT2D eigenvalue weighted by Crippen LogP contribution is -2.26. The number of hydrogen-bond donors (Lipinski definition) is 2. The highest BCUT2D eigenvalue weighted by atomic mass is 35.5. The van der Waals surface area contributed by atoms with Gasteiger partial charge in [0, 0.05) is 21.8 Å². The number of para-hydroxylation sites is 1. The summed E-state index contributed by atoms with van der Waals surface area (Å²) in [5.41, 5.74) is 5.17. The molecule has 0 saturated carbocycles. The molecule has 0 aromatic heterocycles. The molecule has 3 nitrogen and oxygen atoms in total. The van der Waals surface area contributed by atoms with Gasteiger partial charge >= 0.3 is 5.97 Å². The summed E-state index contributed by atoms with van der Waals surface area (Å²) < 4.78 is 0. The largest absolute Gasteiger partial charge is 0.480 e. The first-order valence-corrected chi connectivity index (χ1v) is 8.65. The van der Waals surface area contributed by atoms with Gasteiger partial charge in [0.2, 0.25) is 0 Å². The molecule has 0 heterocycles. The average Bonchev–Trinajstić information content (AvgIpc) is 2.64. The van der Waals surface area contributed by atoms with Crippen LogP contribution in [0.25, 0.3) is 22.3 Å². The quantitative estimate of drug-likeness (QED) is 0.606. The van der Waals surface area contributed by atoms with Gasteiger partial charge in [-0.2, -0.15) is 0 Å². The van der Waals surface area contributed by atoms with Crippen LogP contribution in [0.5, 0.6) is 0 Å². The Labute approximate surface area is 158 Å². The van der Waals surface area contributed by atoms with Crippen LogP contribution < -0.4 is 5.32 Å². The van der Waals surface area contributed by atoms with Gasteiger partial charge in [-0.3, -0.25) is 4.79 Å². The molecule has 0 saturated heterocycles. The Hall–Kier alpha value is -2.78. The minimum absolute atomic E-state index is 0.600. The fourth-order valence-corrected chi connectivity index (χ4v) is 3.10. The molecular weight excluding hydrogens is 346 g/mol. The molecule has 26 heavy (non-hydrogen) atoms. The number of carboxylic acids is 1. The first-order chi connectivity index (χ1) is 12.5. The highest BCUT2D eigenvalue weighted by Gasteiger charge is 2.16. The van der Waals surface area contributed by atoms with E-state index in [2.05, 4.69) is 12.2 Å². The molecule has 1 radical (unpaired) electrons. The van der Waals surface area contributed by atoms with Crippen LogP contribution in [0.2, 0.25) is 5.02 Å². The van der Waals surface area contributed by atoms with Gasteiger partial charge in [0.1, 0.15) is 6.04 Å². The Kier molecular flexibility index (Phi) is 5.29. The van der Waals surface area contributed by atoms with Gasteiger partial charge in [0.15, 0.2) is 0 Å². The van der Waals surface area contributed by atoms with Crippen LogP contribution >= 0.6 is 11.6 Å². The summed E-state index contributed by atoms with van der Waals surface area (Å²) in [5, 5.41) is 12.8. The van der Waals surface area contributed by atoms with Crippen molar-refractivity contribution in [1.82, 2.24) is 0 Å². The number of benzene rings is 3. The van der Waals surface area contributed by atoms with E-state index in [4.69, 9.17) is 11.6 Å². The van der Waals surface area contributed by atoms with Gasteiger partial charge in [-0.15, -0.1) is 0 Å². The molecule has 2 N–H and O–H groups in total. The van der Waals surface area contributed by atoms with Crippen LogP contribution in [-0.2, 0) is 4.79 Å². The van der Waals surface area contributed by atoms with Gasteiger partial charge in [-0.05, 0) is 36.6 Å². The van der Waals surface area contributed by atoms with E-state index in [1.807, 2.05) is 66.7 Å². The molecule has 0 aliphatic rings. The van der Waals surface area contributed by atoms with Crippen LogP contribution in [0.4, 0.5) is 5.69 Å². The Morgan fingerprint density at radius 2 is 1.73 bits per heavy atom. The summed E-state index contributed by atoms with van der Waals surface area (Å²) in [7, 11) is 0. The van der Waals surface area contributed by atoms with E-state index in [-0.39, 0.29) is 0 Å². The number of carbonyl (C=O) groups is 1. The van der Waals surface area contributed by atoms with Gasteiger partial charge in [-0.1, -0.05) is 72.3 Å². The maximum absolute atomic E-state index is 11.2. The highest BCUT2D eigenvalue weighted by Crippen LogP contribution is 2.37. The smallest absolute Gasteiger partial charge is 0.325 e. The third-order valence-corrected chi connectivity index (χ3v) is 4.56. The van der Waals surface area contributed by atoms with Crippen molar-refractivity contribution < 1.29 is 9.90 Å². The molecular formula is C22H19ClNO2. The maximum atomic E-state index is 11.2. The van der Waals surface area contributed by atoms with Crippen molar-refractivity contribution >= 4 is 23.3 Å². The standard InChI is InChI=1S/C22H19ClNO2/c1-14-7-6-10-19(21(14)24-15(2)22(25)26)18-12-11-17(13-20(18)23)16-8-4-3-5-9-16/h3-13,15,24H,1H2,2H3,(H,25,26)/t15-/m0/s1. The van der Waals surface area contributed by atoms with Gasteiger partial charge in [0.25, 0.3) is 0 Å². The fourth-order valence-electron chi connectivity index (χ4n) is 2.82. The molecule has 0 unspecified atom stereocenters. The first kappa shape index (κ1) is 18.0. The minimum Gasteiger partial charge on any atom is -0.480 e. The minimum atomic E-state index is -0.926. The Balaban J connectivity index is 2.04. The number of halogens is 1. The second-order valence-corrected chi connectivity index (χ2v) is 6.51. The zero-order valence-corrected chi connectivity index (χ0v) is 15.1. The molecule has 131 valence electrons.